The first-order valence-corrected chi connectivity index (χ1v) is 9.28. The number of rotatable bonds is 4. The predicted octanol–water partition coefficient (Wildman–Crippen LogP) is 2.34. The maximum Gasteiger partial charge on any atom is 0.337 e. The number of fused-ring (bicyclic) bond motifs is 1. The van der Waals surface area contributed by atoms with E-state index >= 15 is 0 Å². The molecule has 3 heterocycles. The molecule has 1 saturated heterocycles. The van der Waals surface area contributed by atoms with Crippen molar-refractivity contribution < 1.29 is 13.9 Å². The van der Waals surface area contributed by atoms with Gasteiger partial charge in [-0.15, -0.1) is 0 Å². The number of carbonyl (C=O) groups excluding carboxylic acids is 1. The van der Waals surface area contributed by atoms with Crippen LogP contribution in [0.1, 0.15) is 27.5 Å². The molecule has 0 radical (unpaired) electrons. The normalized spacial score (nSPS) is 15.2. The van der Waals surface area contributed by atoms with Gasteiger partial charge in [-0.2, -0.15) is 0 Å². The molecular weight excluding hydrogens is 358 g/mol. The molecule has 0 N–H and O–H groups in total. The standard InChI is InChI=1S/C20H23N5O3/c1-13-14(2)21-12-22-19(13)25-8-6-24(7-9-25)11-18-23-16-5-4-15(20(26)27-3)10-17(16)28-18/h4-5,10,12H,6-9,11H2,1-3H3. The smallest absolute Gasteiger partial charge is 0.337 e. The van der Waals surface area contributed by atoms with E-state index in [-0.39, 0.29) is 5.97 Å². The van der Waals surface area contributed by atoms with Gasteiger partial charge in [-0.1, -0.05) is 0 Å². The van der Waals surface area contributed by atoms with Gasteiger partial charge >= 0.3 is 5.97 Å². The van der Waals surface area contributed by atoms with Crippen molar-refractivity contribution in [1.82, 2.24) is 19.9 Å². The van der Waals surface area contributed by atoms with Crippen LogP contribution in [0.4, 0.5) is 5.82 Å². The fourth-order valence-corrected chi connectivity index (χ4v) is 3.44. The molecule has 0 spiro atoms. The SMILES string of the molecule is COC(=O)c1ccc2nc(CN3CCN(c4ncnc(C)c4C)CC3)oc2c1. The Kier molecular flexibility index (Phi) is 4.95. The van der Waals surface area contributed by atoms with Crippen molar-refractivity contribution >= 4 is 22.9 Å². The van der Waals surface area contributed by atoms with Gasteiger partial charge in [0.15, 0.2) is 5.58 Å². The van der Waals surface area contributed by atoms with E-state index in [9.17, 15) is 4.79 Å². The lowest BCUT2D eigenvalue weighted by Gasteiger charge is -2.35. The topological polar surface area (TPSA) is 84.6 Å². The highest BCUT2D eigenvalue weighted by atomic mass is 16.5. The molecular formula is C20H23N5O3. The van der Waals surface area contributed by atoms with Crippen LogP contribution in [0.15, 0.2) is 28.9 Å². The number of methoxy groups -OCH3 is 1. The van der Waals surface area contributed by atoms with Gasteiger partial charge in [0.05, 0.1) is 19.2 Å². The molecule has 146 valence electrons. The van der Waals surface area contributed by atoms with Gasteiger partial charge in [0.1, 0.15) is 17.7 Å². The van der Waals surface area contributed by atoms with Crippen molar-refractivity contribution in [3.05, 3.63) is 47.2 Å². The van der Waals surface area contributed by atoms with E-state index in [1.54, 1.807) is 24.5 Å². The van der Waals surface area contributed by atoms with E-state index in [2.05, 4.69) is 31.7 Å². The molecule has 0 aliphatic carbocycles. The molecule has 0 saturated carbocycles. The molecule has 0 bridgehead atoms. The molecule has 1 fully saturated rings. The fourth-order valence-electron chi connectivity index (χ4n) is 3.44. The van der Waals surface area contributed by atoms with Crippen LogP contribution in [-0.4, -0.2) is 59.1 Å². The van der Waals surface area contributed by atoms with E-state index < -0.39 is 0 Å². The van der Waals surface area contributed by atoms with Crippen LogP contribution >= 0.6 is 0 Å². The summed E-state index contributed by atoms with van der Waals surface area (Å²) in [5.41, 5.74) is 3.96. The third-order valence-electron chi connectivity index (χ3n) is 5.19. The van der Waals surface area contributed by atoms with Crippen molar-refractivity contribution in [1.29, 1.82) is 0 Å². The number of nitrogens with zero attached hydrogens (tertiary/aromatic N) is 5. The molecule has 1 aromatic carbocycles. The zero-order valence-corrected chi connectivity index (χ0v) is 16.3. The summed E-state index contributed by atoms with van der Waals surface area (Å²) in [7, 11) is 1.36. The Morgan fingerprint density at radius 3 is 2.71 bits per heavy atom. The van der Waals surface area contributed by atoms with Crippen molar-refractivity contribution in [2.75, 3.05) is 38.2 Å². The maximum absolute atomic E-state index is 11.7. The molecule has 8 heteroatoms. The number of anilines is 1. The van der Waals surface area contributed by atoms with Gasteiger partial charge in [-0.25, -0.2) is 19.7 Å². The highest BCUT2D eigenvalue weighted by Gasteiger charge is 2.21. The molecule has 28 heavy (non-hydrogen) atoms. The van der Waals surface area contributed by atoms with E-state index in [0.717, 1.165) is 48.8 Å². The Balaban J connectivity index is 1.42. The predicted molar refractivity (Wildman–Crippen MR) is 104 cm³/mol. The summed E-state index contributed by atoms with van der Waals surface area (Å²) in [6.45, 7) is 8.29. The molecule has 2 aromatic heterocycles. The van der Waals surface area contributed by atoms with Crippen molar-refractivity contribution in [3.8, 4) is 0 Å². The third kappa shape index (κ3) is 3.55. The van der Waals surface area contributed by atoms with Gasteiger partial charge in [-0.05, 0) is 32.0 Å². The van der Waals surface area contributed by atoms with Gasteiger partial charge in [0.2, 0.25) is 5.89 Å². The summed E-state index contributed by atoms with van der Waals surface area (Å²) >= 11 is 0. The number of benzene rings is 1. The lowest BCUT2D eigenvalue weighted by molar-refractivity contribution is 0.0600. The molecule has 8 nitrogen and oxygen atoms in total. The summed E-state index contributed by atoms with van der Waals surface area (Å²) in [6.07, 6.45) is 1.63. The lowest BCUT2D eigenvalue weighted by Crippen LogP contribution is -2.46. The van der Waals surface area contributed by atoms with E-state index in [0.29, 0.717) is 23.6 Å². The first-order chi connectivity index (χ1) is 13.5. The first kappa shape index (κ1) is 18.4. The number of hydrogen-bond donors (Lipinski definition) is 0. The number of hydrogen-bond acceptors (Lipinski definition) is 8. The first-order valence-electron chi connectivity index (χ1n) is 9.28. The Bertz CT molecular complexity index is 1010. The largest absolute Gasteiger partial charge is 0.465 e. The summed E-state index contributed by atoms with van der Waals surface area (Å²) in [5, 5.41) is 0. The monoisotopic (exact) mass is 381 g/mol. The molecule has 4 rings (SSSR count). The summed E-state index contributed by atoms with van der Waals surface area (Å²) in [4.78, 5) is 29.5. The average molecular weight is 381 g/mol. The van der Waals surface area contributed by atoms with Gasteiger partial charge in [0, 0.05) is 37.4 Å². The van der Waals surface area contributed by atoms with Crippen LogP contribution < -0.4 is 4.90 Å². The zero-order valence-electron chi connectivity index (χ0n) is 16.3. The minimum Gasteiger partial charge on any atom is -0.465 e. The van der Waals surface area contributed by atoms with Crippen LogP contribution in [0.5, 0.6) is 0 Å². The molecule has 1 aliphatic heterocycles. The number of oxazole rings is 1. The molecule has 1 aliphatic rings. The second-order valence-electron chi connectivity index (χ2n) is 6.95. The van der Waals surface area contributed by atoms with Crippen molar-refractivity contribution in [2.24, 2.45) is 0 Å². The lowest BCUT2D eigenvalue weighted by atomic mass is 10.2. The van der Waals surface area contributed by atoms with E-state index in [1.807, 2.05) is 6.92 Å². The van der Waals surface area contributed by atoms with Crippen molar-refractivity contribution in [3.63, 3.8) is 0 Å². The van der Waals surface area contributed by atoms with Gasteiger partial charge in [0.25, 0.3) is 0 Å². The van der Waals surface area contributed by atoms with Crippen LogP contribution in [0, 0.1) is 13.8 Å². The Morgan fingerprint density at radius 1 is 1.18 bits per heavy atom. The molecule has 0 atom stereocenters. The van der Waals surface area contributed by atoms with Crippen LogP contribution in [0.2, 0.25) is 0 Å². The zero-order chi connectivity index (χ0) is 19.7. The number of carbonyl (C=O) groups is 1. The van der Waals surface area contributed by atoms with Crippen LogP contribution in [-0.2, 0) is 11.3 Å². The Morgan fingerprint density at radius 2 is 1.96 bits per heavy atom. The summed E-state index contributed by atoms with van der Waals surface area (Å²) in [5.74, 6) is 1.29. The Hall–Kier alpha value is -3.00. The second kappa shape index (κ2) is 7.55. The number of ether oxygens (including phenoxy) is 1. The van der Waals surface area contributed by atoms with E-state index in [4.69, 9.17) is 9.15 Å². The average Bonchev–Trinajstić information content (AvgIpc) is 3.11. The maximum atomic E-state index is 11.7. The summed E-state index contributed by atoms with van der Waals surface area (Å²) in [6, 6.07) is 5.16. The second-order valence-corrected chi connectivity index (χ2v) is 6.95. The minimum absolute atomic E-state index is 0.383. The number of esters is 1. The van der Waals surface area contributed by atoms with Crippen LogP contribution in [0.25, 0.3) is 11.1 Å². The van der Waals surface area contributed by atoms with Crippen LogP contribution in [0.3, 0.4) is 0 Å². The van der Waals surface area contributed by atoms with Gasteiger partial charge in [-0.3, -0.25) is 4.90 Å². The number of piperazine rings is 1. The fraction of sp³-hybridized carbons (Fsp3) is 0.400. The molecule has 0 amide bonds. The Labute approximate surface area is 163 Å². The highest BCUT2D eigenvalue weighted by molar-refractivity contribution is 5.93. The highest BCUT2D eigenvalue weighted by Crippen LogP contribution is 2.22. The number of aromatic nitrogens is 3. The van der Waals surface area contributed by atoms with Gasteiger partial charge < -0.3 is 14.1 Å². The molecule has 3 aromatic rings. The quantitative estimate of drug-likeness (QED) is 0.637. The minimum atomic E-state index is -0.383. The number of aryl methyl sites for hydroxylation is 1. The third-order valence-corrected chi connectivity index (χ3v) is 5.19. The van der Waals surface area contributed by atoms with Crippen molar-refractivity contribution in [2.45, 2.75) is 20.4 Å². The van der Waals surface area contributed by atoms with E-state index in [1.165, 1.54) is 7.11 Å². The molecule has 0 unspecified atom stereocenters. The summed E-state index contributed by atoms with van der Waals surface area (Å²) < 4.78 is 10.6.